The third-order valence-corrected chi connectivity index (χ3v) is 7.66. The van der Waals surface area contributed by atoms with E-state index in [4.69, 9.17) is 0 Å². The Morgan fingerprint density at radius 3 is 2.22 bits per heavy atom. The molecule has 0 heterocycles. The Labute approximate surface area is 196 Å². The van der Waals surface area contributed by atoms with E-state index in [1.54, 1.807) is 0 Å². The molecule has 32 heavy (non-hydrogen) atoms. The fraction of sp³-hybridized carbons (Fsp3) is 0.600. The number of hydrogen-bond donors (Lipinski definition) is 2. The van der Waals surface area contributed by atoms with Gasteiger partial charge in [-0.15, -0.1) is 0 Å². The Hall–Kier alpha value is -1.64. The first kappa shape index (κ1) is 25.0. The number of aryl methyl sites for hydroxylation is 2. The van der Waals surface area contributed by atoms with Gasteiger partial charge in [-0.3, -0.25) is 0 Å². The molecule has 176 valence electrons. The van der Waals surface area contributed by atoms with Crippen molar-refractivity contribution < 1.29 is 10.2 Å². The van der Waals surface area contributed by atoms with Gasteiger partial charge in [-0.25, -0.2) is 0 Å². The minimum absolute atomic E-state index is 0.0151. The van der Waals surface area contributed by atoms with Gasteiger partial charge in [0, 0.05) is 19.1 Å². The molecule has 0 aliphatic heterocycles. The summed E-state index contributed by atoms with van der Waals surface area (Å²) in [5.41, 5.74) is 6.85. The zero-order valence-electron chi connectivity index (χ0n) is 20.4. The van der Waals surface area contributed by atoms with Gasteiger partial charge in [0.05, 0.1) is 0 Å². The van der Waals surface area contributed by atoms with Gasteiger partial charge >= 0.3 is 0 Å². The van der Waals surface area contributed by atoms with Crippen LogP contribution in [0.4, 0.5) is 0 Å². The van der Waals surface area contributed by atoms with E-state index in [2.05, 4.69) is 56.3 Å². The summed E-state index contributed by atoms with van der Waals surface area (Å²) in [6.45, 7) is 4.63. The molecule has 0 bridgehead atoms. The average Bonchev–Trinajstić information content (AvgIpc) is 2.85. The van der Waals surface area contributed by atoms with Gasteiger partial charge in [-0.05, 0) is 84.6 Å². The van der Waals surface area contributed by atoms with Crippen molar-refractivity contribution >= 4 is 0 Å². The van der Waals surface area contributed by atoms with Gasteiger partial charge in [-0.2, -0.15) is 0 Å². The molecule has 2 aromatic carbocycles. The molecule has 3 rings (SSSR count). The molecule has 0 aromatic heterocycles. The second kappa shape index (κ2) is 13.2. The topological polar surface area (TPSA) is 40.5 Å². The first-order valence-corrected chi connectivity index (χ1v) is 13.1. The predicted octanol–water partition coefficient (Wildman–Crippen LogP) is 7.30. The van der Waals surface area contributed by atoms with E-state index < -0.39 is 0 Å². The van der Waals surface area contributed by atoms with Crippen molar-refractivity contribution in [1.82, 2.24) is 0 Å². The van der Waals surface area contributed by atoms with Crippen molar-refractivity contribution in [2.24, 2.45) is 11.8 Å². The van der Waals surface area contributed by atoms with Gasteiger partial charge in [0.25, 0.3) is 0 Å². The Morgan fingerprint density at radius 2 is 1.59 bits per heavy atom. The number of aliphatic hydroxyl groups excluding tert-OH is 2. The first-order valence-electron chi connectivity index (χ1n) is 13.1. The minimum Gasteiger partial charge on any atom is -0.396 e. The second-order valence-electron chi connectivity index (χ2n) is 9.95. The summed E-state index contributed by atoms with van der Waals surface area (Å²) < 4.78 is 0. The third kappa shape index (κ3) is 6.93. The molecule has 1 aliphatic rings. The number of benzene rings is 2. The standard InChI is InChI=1S/C30H44O2/c1-3-5-6-7-23-10-13-27(14-11-23)28-15-17-29(18-16-28)30-19-12-24(20-26(30)4-2)8-9-25(21-31)22-32/h12,15-20,23,25,27,31-32H,3-11,13-14,21-22H2,1-2H3. The van der Waals surface area contributed by atoms with Gasteiger partial charge < -0.3 is 10.2 Å². The molecule has 0 amide bonds. The number of unbranched alkanes of at least 4 members (excludes halogenated alkanes) is 2. The molecule has 2 N–H and O–H groups in total. The minimum atomic E-state index is -0.0151. The summed E-state index contributed by atoms with van der Waals surface area (Å²) in [5, 5.41) is 18.6. The van der Waals surface area contributed by atoms with Crippen LogP contribution >= 0.6 is 0 Å². The lowest BCUT2D eigenvalue weighted by molar-refractivity contribution is 0.144. The number of rotatable bonds is 12. The quantitative estimate of drug-likeness (QED) is 0.343. The molecule has 0 radical (unpaired) electrons. The van der Waals surface area contributed by atoms with Crippen LogP contribution in [0.15, 0.2) is 42.5 Å². The second-order valence-corrected chi connectivity index (χ2v) is 9.95. The van der Waals surface area contributed by atoms with Crippen LogP contribution in [0.3, 0.4) is 0 Å². The Morgan fingerprint density at radius 1 is 0.875 bits per heavy atom. The third-order valence-electron chi connectivity index (χ3n) is 7.66. The fourth-order valence-corrected chi connectivity index (χ4v) is 5.39. The highest BCUT2D eigenvalue weighted by Gasteiger charge is 2.22. The Bertz CT molecular complexity index is 783. The number of aliphatic hydroxyl groups is 2. The molecule has 1 aliphatic carbocycles. The highest BCUT2D eigenvalue weighted by molar-refractivity contribution is 5.68. The summed E-state index contributed by atoms with van der Waals surface area (Å²) in [6, 6.07) is 16.2. The van der Waals surface area contributed by atoms with Gasteiger partial charge in [0.2, 0.25) is 0 Å². The lowest BCUT2D eigenvalue weighted by atomic mass is 9.77. The predicted molar refractivity (Wildman–Crippen MR) is 136 cm³/mol. The SMILES string of the molecule is CCCCCC1CCC(c2ccc(-c3ccc(CCC(CO)CO)cc3CC)cc2)CC1. The van der Waals surface area contributed by atoms with Crippen LogP contribution in [0.1, 0.15) is 94.2 Å². The molecule has 0 saturated heterocycles. The summed E-state index contributed by atoms with van der Waals surface area (Å²) >= 11 is 0. The Balaban J connectivity index is 1.60. The van der Waals surface area contributed by atoms with Crippen molar-refractivity contribution in [3.8, 4) is 11.1 Å². The lowest BCUT2D eigenvalue weighted by Gasteiger charge is -2.29. The van der Waals surface area contributed by atoms with Crippen LogP contribution in [-0.4, -0.2) is 23.4 Å². The summed E-state index contributed by atoms with van der Waals surface area (Å²) in [5.74, 6) is 1.69. The van der Waals surface area contributed by atoms with E-state index in [1.807, 2.05) is 0 Å². The van der Waals surface area contributed by atoms with E-state index in [9.17, 15) is 10.2 Å². The maximum absolute atomic E-state index is 9.31. The molecule has 2 nitrogen and oxygen atoms in total. The van der Waals surface area contributed by atoms with Gasteiger partial charge in [-0.1, -0.05) is 82.0 Å². The van der Waals surface area contributed by atoms with Crippen molar-refractivity contribution in [3.05, 3.63) is 59.2 Å². The summed E-state index contributed by atoms with van der Waals surface area (Å²) in [7, 11) is 0. The highest BCUT2D eigenvalue weighted by Crippen LogP contribution is 2.38. The van der Waals surface area contributed by atoms with E-state index >= 15 is 0 Å². The van der Waals surface area contributed by atoms with Gasteiger partial charge in [0.1, 0.15) is 0 Å². The molecule has 0 spiro atoms. The molecular weight excluding hydrogens is 392 g/mol. The molecule has 0 atom stereocenters. The van der Waals surface area contributed by atoms with Crippen LogP contribution in [0.25, 0.3) is 11.1 Å². The zero-order valence-corrected chi connectivity index (χ0v) is 20.4. The average molecular weight is 437 g/mol. The van der Waals surface area contributed by atoms with E-state index in [-0.39, 0.29) is 19.1 Å². The lowest BCUT2D eigenvalue weighted by Crippen LogP contribution is -2.13. The summed E-state index contributed by atoms with van der Waals surface area (Å²) in [4.78, 5) is 0. The maximum atomic E-state index is 9.31. The van der Waals surface area contributed by atoms with Crippen LogP contribution in [0.5, 0.6) is 0 Å². The Kier molecular flexibility index (Phi) is 10.3. The van der Waals surface area contributed by atoms with Crippen molar-refractivity contribution in [3.63, 3.8) is 0 Å². The van der Waals surface area contributed by atoms with Crippen LogP contribution < -0.4 is 0 Å². The largest absolute Gasteiger partial charge is 0.396 e. The molecule has 2 aromatic rings. The molecule has 2 heteroatoms. The highest BCUT2D eigenvalue weighted by atomic mass is 16.3. The van der Waals surface area contributed by atoms with E-state index in [0.29, 0.717) is 0 Å². The van der Waals surface area contributed by atoms with Crippen molar-refractivity contribution in [2.75, 3.05) is 13.2 Å². The van der Waals surface area contributed by atoms with Crippen molar-refractivity contribution in [2.45, 2.75) is 90.4 Å². The van der Waals surface area contributed by atoms with Crippen molar-refractivity contribution in [1.29, 1.82) is 0 Å². The zero-order chi connectivity index (χ0) is 22.8. The maximum Gasteiger partial charge on any atom is 0.0481 e. The van der Waals surface area contributed by atoms with Crippen LogP contribution in [-0.2, 0) is 12.8 Å². The number of hydrogen-bond acceptors (Lipinski definition) is 2. The fourth-order valence-electron chi connectivity index (χ4n) is 5.39. The normalized spacial score (nSPS) is 18.9. The summed E-state index contributed by atoms with van der Waals surface area (Å²) in [6.07, 6.45) is 13.8. The molecular formula is C30H44O2. The van der Waals surface area contributed by atoms with E-state index in [0.717, 1.165) is 31.1 Å². The molecule has 0 unspecified atom stereocenters. The van der Waals surface area contributed by atoms with Gasteiger partial charge in [0.15, 0.2) is 0 Å². The van der Waals surface area contributed by atoms with Crippen LogP contribution in [0, 0.1) is 11.8 Å². The van der Waals surface area contributed by atoms with E-state index in [1.165, 1.54) is 79.2 Å². The molecule has 1 saturated carbocycles. The monoisotopic (exact) mass is 436 g/mol. The molecule has 1 fully saturated rings. The van der Waals surface area contributed by atoms with Crippen LogP contribution in [0.2, 0.25) is 0 Å². The smallest absolute Gasteiger partial charge is 0.0481 e. The first-order chi connectivity index (χ1) is 15.7.